The van der Waals surface area contributed by atoms with Gasteiger partial charge in [-0.25, -0.2) is 0 Å². The standard InChI is InChI=1S/C11H12N2/c1-3-8-12-10(4-2)11-7-5-6-9-13-11/h3-9H,1H2,2H3/b10-4-,12-8-. The van der Waals surface area contributed by atoms with E-state index in [0.717, 1.165) is 11.4 Å². The maximum absolute atomic E-state index is 4.19. The van der Waals surface area contributed by atoms with Crippen molar-refractivity contribution in [2.75, 3.05) is 0 Å². The Morgan fingerprint density at radius 1 is 1.54 bits per heavy atom. The van der Waals surface area contributed by atoms with E-state index in [0.29, 0.717) is 0 Å². The molecule has 0 aliphatic heterocycles. The van der Waals surface area contributed by atoms with Gasteiger partial charge in [0.25, 0.3) is 0 Å². The third-order valence-corrected chi connectivity index (χ3v) is 1.52. The van der Waals surface area contributed by atoms with E-state index in [-0.39, 0.29) is 0 Å². The Balaban J connectivity index is 2.92. The molecule has 0 radical (unpaired) electrons. The van der Waals surface area contributed by atoms with Crippen LogP contribution in [0, 0.1) is 0 Å². The summed E-state index contributed by atoms with van der Waals surface area (Å²) in [6.45, 7) is 5.50. The average molecular weight is 172 g/mol. The lowest BCUT2D eigenvalue weighted by molar-refractivity contribution is 1.25. The van der Waals surface area contributed by atoms with Gasteiger partial charge >= 0.3 is 0 Å². The molecule has 0 aliphatic rings. The lowest BCUT2D eigenvalue weighted by Crippen LogP contribution is -1.84. The van der Waals surface area contributed by atoms with Gasteiger partial charge in [0.05, 0.1) is 11.4 Å². The highest BCUT2D eigenvalue weighted by atomic mass is 14.8. The Kier molecular flexibility index (Phi) is 3.64. The van der Waals surface area contributed by atoms with Crippen LogP contribution in [0.1, 0.15) is 12.6 Å². The van der Waals surface area contributed by atoms with Gasteiger partial charge in [0.15, 0.2) is 0 Å². The number of hydrogen-bond donors (Lipinski definition) is 0. The molecule has 1 aromatic rings. The van der Waals surface area contributed by atoms with Crippen LogP contribution >= 0.6 is 0 Å². The fraction of sp³-hybridized carbons (Fsp3) is 0.0909. The van der Waals surface area contributed by atoms with Gasteiger partial charge in [0.2, 0.25) is 0 Å². The lowest BCUT2D eigenvalue weighted by atomic mass is 10.3. The molecule has 0 aromatic carbocycles. The van der Waals surface area contributed by atoms with Gasteiger partial charge < -0.3 is 0 Å². The zero-order valence-corrected chi connectivity index (χ0v) is 7.64. The Hall–Kier alpha value is -1.70. The first-order chi connectivity index (χ1) is 6.38. The molecule has 1 aromatic heterocycles. The molecule has 0 spiro atoms. The van der Waals surface area contributed by atoms with Crippen LogP contribution in [0.3, 0.4) is 0 Å². The Bertz CT molecular complexity index is 323. The van der Waals surface area contributed by atoms with Crippen LogP contribution in [0.25, 0.3) is 5.70 Å². The van der Waals surface area contributed by atoms with Crippen LogP contribution in [0.2, 0.25) is 0 Å². The summed E-state index contributed by atoms with van der Waals surface area (Å²) in [5, 5.41) is 0. The van der Waals surface area contributed by atoms with Crippen molar-refractivity contribution >= 4 is 11.9 Å². The zero-order valence-electron chi connectivity index (χ0n) is 7.64. The molecule has 13 heavy (non-hydrogen) atoms. The third-order valence-electron chi connectivity index (χ3n) is 1.52. The predicted molar refractivity (Wildman–Crippen MR) is 56.6 cm³/mol. The van der Waals surface area contributed by atoms with Crippen molar-refractivity contribution in [1.82, 2.24) is 4.98 Å². The van der Waals surface area contributed by atoms with Crippen LogP contribution < -0.4 is 0 Å². The van der Waals surface area contributed by atoms with Crippen molar-refractivity contribution in [3.63, 3.8) is 0 Å². The fourth-order valence-electron chi connectivity index (χ4n) is 0.936. The maximum Gasteiger partial charge on any atom is 0.0882 e. The van der Waals surface area contributed by atoms with E-state index in [9.17, 15) is 0 Å². The zero-order chi connectivity index (χ0) is 9.52. The molecule has 2 heteroatoms. The smallest absolute Gasteiger partial charge is 0.0882 e. The second kappa shape index (κ2) is 5.04. The quantitative estimate of drug-likeness (QED) is 0.643. The summed E-state index contributed by atoms with van der Waals surface area (Å²) in [6.07, 6.45) is 6.97. The first-order valence-corrected chi connectivity index (χ1v) is 4.11. The summed E-state index contributed by atoms with van der Waals surface area (Å²) in [7, 11) is 0. The van der Waals surface area contributed by atoms with Crippen LogP contribution in [0.15, 0.2) is 48.1 Å². The van der Waals surface area contributed by atoms with E-state index < -0.39 is 0 Å². The highest BCUT2D eigenvalue weighted by Gasteiger charge is 1.95. The van der Waals surface area contributed by atoms with Gasteiger partial charge in [-0.3, -0.25) is 9.98 Å². The largest absolute Gasteiger partial charge is 0.255 e. The SMILES string of the molecule is C=C/C=N\C(=C/C)c1ccccn1. The molecule has 66 valence electrons. The molecule has 0 amide bonds. The van der Waals surface area contributed by atoms with Crippen molar-refractivity contribution in [2.45, 2.75) is 6.92 Å². The van der Waals surface area contributed by atoms with Gasteiger partial charge in [0.1, 0.15) is 0 Å². The van der Waals surface area contributed by atoms with E-state index in [1.807, 2.05) is 31.2 Å². The van der Waals surface area contributed by atoms with Crippen LogP contribution in [0.4, 0.5) is 0 Å². The minimum atomic E-state index is 0.862. The number of nitrogens with zero attached hydrogens (tertiary/aromatic N) is 2. The molecule has 0 unspecified atom stereocenters. The van der Waals surface area contributed by atoms with Gasteiger partial charge in [0, 0.05) is 12.4 Å². The first-order valence-electron chi connectivity index (χ1n) is 4.11. The molecule has 0 N–H and O–H groups in total. The van der Waals surface area contributed by atoms with E-state index in [1.54, 1.807) is 18.5 Å². The number of aromatic nitrogens is 1. The lowest BCUT2D eigenvalue weighted by Gasteiger charge is -1.97. The van der Waals surface area contributed by atoms with Gasteiger partial charge in [-0.05, 0) is 19.1 Å². The Morgan fingerprint density at radius 2 is 2.38 bits per heavy atom. The minimum Gasteiger partial charge on any atom is -0.255 e. The predicted octanol–water partition coefficient (Wildman–Crippen LogP) is 2.70. The van der Waals surface area contributed by atoms with Crippen molar-refractivity contribution < 1.29 is 0 Å². The molecule has 0 bridgehead atoms. The van der Waals surface area contributed by atoms with E-state index in [2.05, 4.69) is 16.6 Å². The van der Waals surface area contributed by atoms with Gasteiger partial charge in [-0.1, -0.05) is 24.8 Å². The summed E-state index contributed by atoms with van der Waals surface area (Å²) in [6, 6.07) is 5.75. The highest BCUT2D eigenvalue weighted by Crippen LogP contribution is 2.11. The van der Waals surface area contributed by atoms with Crippen molar-refractivity contribution in [1.29, 1.82) is 0 Å². The second-order valence-corrected chi connectivity index (χ2v) is 2.40. The van der Waals surface area contributed by atoms with Crippen molar-refractivity contribution in [3.05, 3.63) is 48.8 Å². The van der Waals surface area contributed by atoms with Gasteiger partial charge in [-0.2, -0.15) is 0 Å². The van der Waals surface area contributed by atoms with Crippen LogP contribution in [-0.2, 0) is 0 Å². The summed E-state index contributed by atoms with van der Waals surface area (Å²) >= 11 is 0. The minimum absolute atomic E-state index is 0.862. The summed E-state index contributed by atoms with van der Waals surface area (Å²) in [5.74, 6) is 0. The van der Waals surface area contributed by atoms with Gasteiger partial charge in [-0.15, -0.1) is 0 Å². The number of allylic oxidation sites excluding steroid dienone is 2. The van der Waals surface area contributed by atoms with E-state index in [4.69, 9.17) is 0 Å². The molecule has 1 rings (SSSR count). The molecular formula is C11H12N2. The topological polar surface area (TPSA) is 25.2 Å². The number of aliphatic imine (C=N–C) groups is 1. The molecule has 0 atom stereocenters. The fourth-order valence-corrected chi connectivity index (χ4v) is 0.936. The molecule has 0 aliphatic carbocycles. The monoisotopic (exact) mass is 172 g/mol. The van der Waals surface area contributed by atoms with Crippen LogP contribution in [0.5, 0.6) is 0 Å². The summed E-state index contributed by atoms with van der Waals surface area (Å²) in [5.41, 5.74) is 1.74. The van der Waals surface area contributed by atoms with E-state index >= 15 is 0 Å². The third kappa shape index (κ3) is 2.67. The normalized spacial score (nSPS) is 11.9. The van der Waals surface area contributed by atoms with Crippen molar-refractivity contribution in [3.8, 4) is 0 Å². The number of pyridine rings is 1. The first kappa shape index (κ1) is 9.39. The number of hydrogen-bond acceptors (Lipinski definition) is 2. The van der Waals surface area contributed by atoms with E-state index in [1.165, 1.54) is 0 Å². The highest BCUT2D eigenvalue weighted by molar-refractivity contribution is 5.78. The average Bonchev–Trinajstić information content (AvgIpc) is 2.21. The van der Waals surface area contributed by atoms with Crippen molar-refractivity contribution in [2.24, 2.45) is 4.99 Å². The molecule has 0 fully saturated rings. The molecular weight excluding hydrogens is 160 g/mol. The maximum atomic E-state index is 4.19. The summed E-state index contributed by atoms with van der Waals surface area (Å²) < 4.78 is 0. The molecule has 0 saturated carbocycles. The Labute approximate surface area is 78.4 Å². The van der Waals surface area contributed by atoms with Crippen LogP contribution in [-0.4, -0.2) is 11.2 Å². The second-order valence-electron chi connectivity index (χ2n) is 2.40. The molecule has 2 nitrogen and oxygen atoms in total. The Morgan fingerprint density at radius 3 is 2.92 bits per heavy atom. The number of rotatable bonds is 3. The molecule has 0 saturated heterocycles. The summed E-state index contributed by atoms with van der Waals surface area (Å²) in [4.78, 5) is 8.37. The molecule has 1 heterocycles.